The fourth-order valence-electron chi connectivity index (χ4n) is 3.26. The largest absolute Gasteiger partial charge is 0.457 e. The quantitative estimate of drug-likeness (QED) is 0.216. The summed E-state index contributed by atoms with van der Waals surface area (Å²) in [6.07, 6.45) is 3.68. The minimum atomic E-state index is 0.0904. The van der Waals surface area contributed by atoms with E-state index in [1.54, 1.807) is 0 Å². The first-order valence-corrected chi connectivity index (χ1v) is 10.9. The Balaban J connectivity index is 1.34. The SMILES string of the molecule is C(=NCc1ccccc1)c1ccccc1OCOc1ccccc1C=NCc1ccccc1. The van der Waals surface area contributed by atoms with E-state index in [-0.39, 0.29) is 6.79 Å². The second-order valence-electron chi connectivity index (χ2n) is 7.39. The van der Waals surface area contributed by atoms with Gasteiger partial charge in [0.25, 0.3) is 0 Å². The van der Waals surface area contributed by atoms with Crippen LogP contribution in [0.3, 0.4) is 0 Å². The zero-order valence-electron chi connectivity index (χ0n) is 18.4. The van der Waals surface area contributed by atoms with Gasteiger partial charge in [0.2, 0.25) is 6.79 Å². The summed E-state index contributed by atoms with van der Waals surface area (Å²) in [6, 6.07) is 35.9. The maximum atomic E-state index is 5.91. The average Bonchev–Trinajstić information content (AvgIpc) is 2.87. The molecule has 164 valence electrons. The Labute approximate surface area is 194 Å². The van der Waals surface area contributed by atoms with E-state index in [1.807, 2.05) is 97.4 Å². The van der Waals surface area contributed by atoms with Gasteiger partial charge in [0.1, 0.15) is 11.5 Å². The molecule has 0 aliphatic heterocycles. The van der Waals surface area contributed by atoms with Crippen molar-refractivity contribution in [2.75, 3.05) is 6.79 Å². The van der Waals surface area contributed by atoms with Crippen LogP contribution in [-0.2, 0) is 13.1 Å². The molecule has 4 aromatic carbocycles. The number of rotatable bonds is 10. The van der Waals surface area contributed by atoms with Crippen molar-refractivity contribution in [1.82, 2.24) is 0 Å². The van der Waals surface area contributed by atoms with Crippen LogP contribution in [0.5, 0.6) is 11.5 Å². The zero-order chi connectivity index (χ0) is 22.6. The monoisotopic (exact) mass is 434 g/mol. The van der Waals surface area contributed by atoms with E-state index in [2.05, 4.69) is 34.3 Å². The molecule has 0 atom stereocenters. The van der Waals surface area contributed by atoms with Gasteiger partial charge in [-0.25, -0.2) is 0 Å². The van der Waals surface area contributed by atoms with Gasteiger partial charge in [-0.15, -0.1) is 0 Å². The lowest BCUT2D eigenvalue weighted by molar-refractivity contribution is 0.119. The van der Waals surface area contributed by atoms with Crippen molar-refractivity contribution in [3.05, 3.63) is 131 Å². The standard InChI is InChI=1S/C29H26N2O2/c1-3-11-24(12-4-1)19-30-21-26-15-7-9-17-28(26)32-23-33-29-18-10-8-16-27(29)22-31-20-25-13-5-2-6-14-25/h1-18,21-22H,19-20,23H2. The molecule has 4 heteroatoms. The molecule has 0 aliphatic rings. The number of hydrogen-bond donors (Lipinski definition) is 0. The summed E-state index contributed by atoms with van der Waals surface area (Å²) in [5.74, 6) is 1.45. The summed E-state index contributed by atoms with van der Waals surface area (Å²) in [5.41, 5.74) is 4.16. The first kappa shape index (κ1) is 22.0. The Morgan fingerprint density at radius 1 is 0.485 bits per heavy atom. The van der Waals surface area contributed by atoms with Crippen LogP contribution in [-0.4, -0.2) is 19.2 Å². The number of aliphatic imine (C=N–C) groups is 2. The molecule has 4 nitrogen and oxygen atoms in total. The molecule has 0 unspecified atom stereocenters. The number of nitrogens with zero attached hydrogens (tertiary/aromatic N) is 2. The van der Waals surface area contributed by atoms with Crippen LogP contribution in [0.25, 0.3) is 0 Å². The van der Waals surface area contributed by atoms with E-state index >= 15 is 0 Å². The lowest BCUT2D eigenvalue weighted by Gasteiger charge is -2.12. The maximum Gasteiger partial charge on any atom is 0.230 e. The highest BCUT2D eigenvalue weighted by atomic mass is 16.7. The minimum Gasteiger partial charge on any atom is -0.457 e. The second kappa shape index (κ2) is 12.0. The Kier molecular flexibility index (Phi) is 8.02. The minimum absolute atomic E-state index is 0.0904. The molecule has 4 aromatic rings. The molecule has 33 heavy (non-hydrogen) atoms. The normalized spacial score (nSPS) is 11.2. The molecule has 0 fully saturated rings. The van der Waals surface area contributed by atoms with Crippen LogP contribution >= 0.6 is 0 Å². The van der Waals surface area contributed by atoms with E-state index in [1.165, 1.54) is 11.1 Å². The molecule has 0 heterocycles. The van der Waals surface area contributed by atoms with Gasteiger partial charge in [0.15, 0.2) is 0 Å². The highest BCUT2D eigenvalue weighted by molar-refractivity contribution is 5.84. The molecule has 0 bridgehead atoms. The van der Waals surface area contributed by atoms with E-state index in [9.17, 15) is 0 Å². The first-order chi connectivity index (χ1) is 16.4. The van der Waals surface area contributed by atoms with E-state index < -0.39 is 0 Å². The lowest BCUT2D eigenvalue weighted by atomic mass is 10.2. The van der Waals surface area contributed by atoms with Crippen molar-refractivity contribution in [1.29, 1.82) is 0 Å². The second-order valence-corrected chi connectivity index (χ2v) is 7.39. The van der Waals surface area contributed by atoms with Crippen LogP contribution < -0.4 is 9.47 Å². The van der Waals surface area contributed by atoms with Gasteiger partial charge in [0, 0.05) is 23.6 Å². The van der Waals surface area contributed by atoms with E-state index in [0.29, 0.717) is 13.1 Å². The van der Waals surface area contributed by atoms with Gasteiger partial charge in [-0.1, -0.05) is 84.9 Å². The third kappa shape index (κ3) is 6.91. The summed E-state index contributed by atoms with van der Waals surface area (Å²) in [4.78, 5) is 9.10. The Morgan fingerprint density at radius 3 is 1.33 bits per heavy atom. The van der Waals surface area contributed by atoms with Gasteiger partial charge in [0.05, 0.1) is 13.1 Å². The highest BCUT2D eigenvalue weighted by Crippen LogP contribution is 2.19. The number of ether oxygens (including phenoxy) is 2. The van der Waals surface area contributed by atoms with Crippen molar-refractivity contribution in [3.8, 4) is 11.5 Å². The molecule has 0 N–H and O–H groups in total. The van der Waals surface area contributed by atoms with Crippen LogP contribution in [0.2, 0.25) is 0 Å². The molecule has 0 aliphatic carbocycles. The summed E-state index contributed by atoms with van der Waals surface area (Å²) >= 11 is 0. The number of benzene rings is 4. The summed E-state index contributed by atoms with van der Waals surface area (Å²) in [6.45, 7) is 1.34. The molecule has 0 saturated heterocycles. The van der Waals surface area contributed by atoms with Gasteiger partial charge in [-0.2, -0.15) is 0 Å². The van der Waals surface area contributed by atoms with Crippen molar-refractivity contribution >= 4 is 12.4 Å². The Bertz CT molecular complexity index is 1090. The summed E-state index contributed by atoms with van der Waals surface area (Å²) in [5, 5.41) is 0. The third-order valence-electron chi connectivity index (χ3n) is 4.96. The number of para-hydroxylation sites is 2. The van der Waals surface area contributed by atoms with E-state index in [4.69, 9.17) is 9.47 Å². The Hall–Kier alpha value is -4.18. The van der Waals surface area contributed by atoms with Crippen LogP contribution in [0.15, 0.2) is 119 Å². The maximum absolute atomic E-state index is 5.91. The molecule has 0 aromatic heterocycles. The topological polar surface area (TPSA) is 43.2 Å². The van der Waals surface area contributed by atoms with E-state index in [0.717, 1.165) is 22.6 Å². The van der Waals surface area contributed by atoms with Crippen molar-refractivity contribution in [2.24, 2.45) is 9.98 Å². The molecular formula is C29H26N2O2. The smallest absolute Gasteiger partial charge is 0.230 e. The molecular weight excluding hydrogens is 408 g/mol. The summed E-state index contributed by atoms with van der Waals surface area (Å²) in [7, 11) is 0. The van der Waals surface area contributed by atoms with Gasteiger partial charge >= 0.3 is 0 Å². The fraction of sp³-hybridized carbons (Fsp3) is 0.103. The predicted octanol–water partition coefficient (Wildman–Crippen LogP) is 6.34. The average molecular weight is 435 g/mol. The van der Waals surface area contributed by atoms with Crippen LogP contribution in [0, 0.1) is 0 Å². The summed E-state index contributed by atoms with van der Waals surface area (Å²) < 4.78 is 11.8. The molecule has 0 amide bonds. The zero-order valence-corrected chi connectivity index (χ0v) is 18.4. The van der Waals surface area contributed by atoms with Gasteiger partial charge in [-0.3, -0.25) is 9.98 Å². The highest BCUT2D eigenvalue weighted by Gasteiger charge is 2.04. The molecule has 0 saturated carbocycles. The van der Waals surface area contributed by atoms with Crippen molar-refractivity contribution in [2.45, 2.75) is 13.1 Å². The lowest BCUT2D eigenvalue weighted by Crippen LogP contribution is -2.08. The van der Waals surface area contributed by atoms with Gasteiger partial charge in [-0.05, 0) is 35.4 Å². The molecule has 4 rings (SSSR count). The predicted molar refractivity (Wildman–Crippen MR) is 134 cm³/mol. The first-order valence-electron chi connectivity index (χ1n) is 10.9. The molecule has 0 spiro atoms. The van der Waals surface area contributed by atoms with Crippen LogP contribution in [0.4, 0.5) is 0 Å². The third-order valence-corrected chi connectivity index (χ3v) is 4.96. The Morgan fingerprint density at radius 2 is 0.879 bits per heavy atom. The van der Waals surface area contributed by atoms with Gasteiger partial charge < -0.3 is 9.47 Å². The molecule has 0 radical (unpaired) electrons. The van der Waals surface area contributed by atoms with Crippen molar-refractivity contribution < 1.29 is 9.47 Å². The van der Waals surface area contributed by atoms with Crippen molar-refractivity contribution in [3.63, 3.8) is 0 Å². The number of hydrogen-bond acceptors (Lipinski definition) is 4. The van der Waals surface area contributed by atoms with Crippen LogP contribution in [0.1, 0.15) is 22.3 Å². The fourth-order valence-corrected chi connectivity index (χ4v) is 3.26.